The lowest BCUT2D eigenvalue weighted by molar-refractivity contribution is -0.111. The summed E-state index contributed by atoms with van der Waals surface area (Å²) in [7, 11) is 0. The lowest BCUT2D eigenvalue weighted by atomic mass is 10.2. The van der Waals surface area contributed by atoms with Crippen molar-refractivity contribution in [3.63, 3.8) is 0 Å². The zero-order chi connectivity index (χ0) is 13.1. The van der Waals surface area contributed by atoms with Gasteiger partial charge >= 0.3 is 0 Å². The topological polar surface area (TPSA) is 57.8 Å². The fourth-order valence-corrected chi connectivity index (χ4v) is 2.36. The van der Waals surface area contributed by atoms with Crippen molar-refractivity contribution in [1.29, 1.82) is 0 Å². The highest BCUT2D eigenvalue weighted by molar-refractivity contribution is 7.10. The van der Waals surface area contributed by atoms with E-state index >= 15 is 0 Å². The number of hydrogen-bond acceptors (Lipinski definition) is 3. The van der Waals surface area contributed by atoms with Gasteiger partial charge in [-0.05, 0) is 35.7 Å². The first-order valence-electron chi connectivity index (χ1n) is 5.77. The molecule has 1 amide bonds. The Balaban J connectivity index is 1.71. The first-order chi connectivity index (χ1) is 9.31. The highest BCUT2D eigenvalue weighted by atomic mass is 32.1. The van der Waals surface area contributed by atoms with Crippen molar-refractivity contribution in [3.05, 3.63) is 52.9 Å². The van der Waals surface area contributed by atoms with Gasteiger partial charge in [0.05, 0.1) is 11.7 Å². The largest absolute Gasteiger partial charge is 0.322 e. The summed E-state index contributed by atoms with van der Waals surface area (Å²) < 4.78 is 0. The SMILES string of the molecule is O=C(C=Cc1cccs1)Nc1ccc2cn[nH]c2c1. The van der Waals surface area contributed by atoms with E-state index in [2.05, 4.69) is 15.5 Å². The molecule has 19 heavy (non-hydrogen) atoms. The molecular weight excluding hydrogens is 258 g/mol. The molecule has 0 saturated carbocycles. The highest BCUT2D eigenvalue weighted by Gasteiger charge is 2.00. The number of H-pyrrole nitrogens is 1. The van der Waals surface area contributed by atoms with Crippen LogP contribution in [0.3, 0.4) is 0 Å². The third kappa shape index (κ3) is 2.71. The summed E-state index contributed by atoms with van der Waals surface area (Å²) in [6.45, 7) is 0. The molecule has 0 atom stereocenters. The summed E-state index contributed by atoms with van der Waals surface area (Å²) in [5.41, 5.74) is 1.65. The van der Waals surface area contributed by atoms with E-state index in [1.165, 1.54) is 6.08 Å². The van der Waals surface area contributed by atoms with Crippen LogP contribution in [0.15, 0.2) is 48.0 Å². The molecule has 94 valence electrons. The Labute approximate surface area is 113 Å². The molecule has 4 nitrogen and oxygen atoms in total. The second-order valence-corrected chi connectivity index (χ2v) is 4.99. The van der Waals surface area contributed by atoms with Crippen LogP contribution in [-0.4, -0.2) is 16.1 Å². The molecule has 3 aromatic rings. The molecule has 0 spiro atoms. The third-order valence-electron chi connectivity index (χ3n) is 2.65. The molecule has 3 rings (SSSR count). The molecule has 0 radical (unpaired) electrons. The third-order valence-corrected chi connectivity index (χ3v) is 3.49. The number of rotatable bonds is 3. The Bertz CT molecular complexity index is 728. The van der Waals surface area contributed by atoms with Gasteiger partial charge < -0.3 is 5.32 Å². The molecule has 2 aromatic heterocycles. The van der Waals surface area contributed by atoms with Crippen molar-refractivity contribution in [2.24, 2.45) is 0 Å². The molecule has 1 aromatic carbocycles. The maximum atomic E-state index is 11.8. The van der Waals surface area contributed by atoms with Gasteiger partial charge in [0, 0.05) is 22.0 Å². The van der Waals surface area contributed by atoms with Crippen LogP contribution in [0.25, 0.3) is 17.0 Å². The fourth-order valence-electron chi connectivity index (χ4n) is 1.74. The van der Waals surface area contributed by atoms with Crippen molar-refractivity contribution in [2.45, 2.75) is 0 Å². The average Bonchev–Trinajstić information content (AvgIpc) is 3.07. The highest BCUT2D eigenvalue weighted by Crippen LogP contribution is 2.16. The van der Waals surface area contributed by atoms with E-state index in [0.29, 0.717) is 0 Å². The van der Waals surface area contributed by atoms with E-state index < -0.39 is 0 Å². The number of nitrogens with zero attached hydrogens (tertiary/aromatic N) is 1. The first kappa shape index (κ1) is 11.7. The summed E-state index contributed by atoms with van der Waals surface area (Å²) in [5, 5.41) is 12.6. The maximum Gasteiger partial charge on any atom is 0.248 e. The van der Waals surface area contributed by atoms with Gasteiger partial charge in [-0.25, -0.2) is 0 Å². The lowest BCUT2D eigenvalue weighted by Crippen LogP contribution is -2.07. The molecule has 2 heterocycles. The Morgan fingerprint density at radius 1 is 1.37 bits per heavy atom. The van der Waals surface area contributed by atoms with Crippen LogP contribution in [-0.2, 0) is 4.79 Å². The Morgan fingerprint density at radius 3 is 3.16 bits per heavy atom. The number of nitrogens with one attached hydrogen (secondary N) is 2. The number of aromatic nitrogens is 2. The fraction of sp³-hybridized carbons (Fsp3) is 0. The molecule has 5 heteroatoms. The number of thiophene rings is 1. The standard InChI is InChI=1S/C14H11N3OS/c18-14(6-5-12-2-1-7-19-12)16-11-4-3-10-9-15-17-13(10)8-11/h1-9H,(H,15,17)(H,16,18). The summed E-state index contributed by atoms with van der Waals surface area (Å²) in [6, 6.07) is 9.55. The second-order valence-electron chi connectivity index (χ2n) is 4.01. The van der Waals surface area contributed by atoms with E-state index in [4.69, 9.17) is 0 Å². The Kier molecular flexibility index (Phi) is 3.12. The molecule has 0 bridgehead atoms. The number of amides is 1. The van der Waals surface area contributed by atoms with Crippen molar-refractivity contribution in [2.75, 3.05) is 5.32 Å². The number of aromatic amines is 1. The first-order valence-corrected chi connectivity index (χ1v) is 6.65. The van der Waals surface area contributed by atoms with Gasteiger partial charge in [-0.3, -0.25) is 9.89 Å². The summed E-state index contributed by atoms with van der Waals surface area (Å²) in [5.74, 6) is -0.146. The number of fused-ring (bicyclic) bond motifs is 1. The predicted octanol–water partition coefficient (Wildman–Crippen LogP) is 3.28. The van der Waals surface area contributed by atoms with Crippen LogP contribution in [0.5, 0.6) is 0 Å². The lowest BCUT2D eigenvalue weighted by Gasteiger charge is -2.01. The molecular formula is C14H11N3OS. The average molecular weight is 269 g/mol. The quantitative estimate of drug-likeness (QED) is 0.717. The molecule has 0 aliphatic heterocycles. The Hall–Kier alpha value is -2.40. The summed E-state index contributed by atoms with van der Waals surface area (Å²) >= 11 is 1.59. The van der Waals surface area contributed by atoms with Gasteiger partial charge in [0.25, 0.3) is 0 Å². The number of hydrogen-bond donors (Lipinski definition) is 2. The van der Waals surface area contributed by atoms with Crippen LogP contribution >= 0.6 is 11.3 Å². The molecule has 0 saturated heterocycles. The van der Waals surface area contributed by atoms with E-state index in [1.807, 2.05) is 35.7 Å². The monoisotopic (exact) mass is 269 g/mol. The van der Waals surface area contributed by atoms with E-state index in [0.717, 1.165) is 21.5 Å². The Morgan fingerprint density at radius 2 is 2.32 bits per heavy atom. The number of carbonyl (C=O) groups excluding carboxylic acids is 1. The van der Waals surface area contributed by atoms with Crippen LogP contribution < -0.4 is 5.32 Å². The van der Waals surface area contributed by atoms with Crippen LogP contribution in [0.2, 0.25) is 0 Å². The van der Waals surface area contributed by atoms with Gasteiger partial charge in [0.2, 0.25) is 5.91 Å². The minimum absolute atomic E-state index is 0.146. The van der Waals surface area contributed by atoms with Gasteiger partial charge in [-0.1, -0.05) is 6.07 Å². The van der Waals surface area contributed by atoms with Crippen LogP contribution in [0, 0.1) is 0 Å². The van der Waals surface area contributed by atoms with Gasteiger partial charge in [0.15, 0.2) is 0 Å². The second kappa shape index (κ2) is 5.07. The van der Waals surface area contributed by atoms with Gasteiger partial charge in [0.1, 0.15) is 0 Å². The summed E-state index contributed by atoms with van der Waals surface area (Å²) in [4.78, 5) is 12.8. The minimum atomic E-state index is -0.146. The van der Waals surface area contributed by atoms with Crippen molar-refractivity contribution >= 4 is 39.9 Å². The maximum absolute atomic E-state index is 11.8. The molecule has 0 fully saturated rings. The minimum Gasteiger partial charge on any atom is -0.322 e. The normalized spacial score (nSPS) is 11.2. The van der Waals surface area contributed by atoms with E-state index in [1.54, 1.807) is 23.6 Å². The van der Waals surface area contributed by atoms with Gasteiger partial charge in [-0.15, -0.1) is 11.3 Å². The molecule has 0 aliphatic rings. The van der Waals surface area contributed by atoms with Crippen LogP contribution in [0.1, 0.15) is 4.88 Å². The molecule has 2 N–H and O–H groups in total. The summed E-state index contributed by atoms with van der Waals surface area (Å²) in [6.07, 6.45) is 5.08. The number of carbonyl (C=O) groups is 1. The number of benzene rings is 1. The molecule has 0 unspecified atom stereocenters. The van der Waals surface area contributed by atoms with Crippen molar-refractivity contribution in [3.8, 4) is 0 Å². The van der Waals surface area contributed by atoms with E-state index in [-0.39, 0.29) is 5.91 Å². The molecule has 0 aliphatic carbocycles. The number of anilines is 1. The smallest absolute Gasteiger partial charge is 0.248 e. The zero-order valence-electron chi connectivity index (χ0n) is 9.96. The van der Waals surface area contributed by atoms with Crippen LogP contribution in [0.4, 0.5) is 5.69 Å². The van der Waals surface area contributed by atoms with Gasteiger partial charge in [-0.2, -0.15) is 5.10 Å². The van der Waals surface area contributed by atoms with E-state index in [9.17, 15) is 4.79 Å². The zero-order valence-corrected chi connectivity index (χ0v) is 10.8. The van der Waals surface area contributed by atoms with Crippen molar-refractivity contribution in [1.82, 2.24) is 10.2 Å². The van der Waals surface area contributed by atoms with Crippen molar-refractivity contribution < 1.29 is 4.79 Å². The predicted molar refractivity (Wildman–Crippen MR) is 78.1 cm³/mol.